The van der Waals surface area contributed by atoms with E-state index in [1.807, 2.05) is 0 Å². The normalized spacial score (nSPS) is 15.4. The molecule has 1 atom stereocenters. The van der Waals surface area contributed by atoms with Gasteiger partial charge in [-0.1, -0.05) is 50.0 Å². The first kappa shape index (κ1) is 24.7. The standard InChI is InChI=1S/C25H23Cl2N3O2S2/c1-25(2,3)13-7-8-14-16(12-28)23(34-20(14)11-13)30-24(33)29-22(31)19-10-9-18(32-19)15-5-4-6-17(26)21(15)27/h4-6,9-10,13H,7-8,11H2,1-3H3,(H2,29,30,31,33). The predicted molar refractivity (Wildman–Crippen MR) is 142 cm³/mol. The SMILES string of the molecule is CC(C)(C)C1CCc2c(sc(NC(=S)NC(=O)c3ccc(-c4cccc(Cl)c4Cl)o3)c2C#N)C1. The van der Waals surface area contributed by atoms with Gasteiger partial charge in [-0.25, -0.2) is 0 Å². The zero-order valence-corrected chi connectivity index (χ0v) is 22.1. The van der Waals surface area contributed by atoms with Crippen LogP contribution in [0, 0.1) is 22.7 Å². The lowest BCUT2D eigenvalue weighted by molar-refractivity contribution is 0.0951. The van der Waals surface area contributed by atoms with Crippen LogP contribution in [0.2, 0.25) is 10.0 Å². The molecular weight excluding hydrogens is 509 g/mol. The molecule has 0 saturated heterocycles. The molecule has 2 heterocycles. The first-order valence-corrected chi connectivity index (χ1v) is 12.8. The number of hydrogen-bond acceptors (Lipinski definition) is 5. The number of rotatable bonds is 3. The van der Waals surface area contributed by atoms with Crippen molar-refractivity contribution in [3.8, 4) is 17.4 Å². The van der Waals surface area contributed by atoms with Gasteiger partial charge in [0.05, 0.1) is 15.6 Å². The van der Waals surface area contributed by atoms with E-state index in [2.05, 4.69) is 37.5 Å². The number of anilines is 1. The Morgan fingerprint density at radius 1 is 1.26 bits per heavy atom. The smallest absolute Gasteiger partial charge is 0.293 e. The van der Waals surface area contributed by atoms with Crippen molar-refractivity contribution >= 4 is 62.8 Å². The topological polar surface area (TPSA) is 78.1 Å². The maximum absolute atomic E-state index is 12.7. The number of carbonyl (C=O) groups is 1. The molecule has 2 N–H and O–H groups in total. The highest BCUT2D eigenvalue weighted by molar-refractivity contribution is 7.80. The number of hydrogen-bond donors (Lipinski definition) is 2. The van der Waals surface area contributed by atoms with Gasteiger partial charge in [0.1, 0.15) is 16.8 Å². The van der Waals surface area contributed by atoms with E-state index >= 15 is 0 Å². The molecule has 0 bridgehead atoms. The number of benzene rings is 1. The number of carbonyl (C=O) groups excluding carboxylic acids is 1. The van der Waals surface area contributed by atoms with Crippen LogP contribution in [0.3, 0.4) is 0 Å². The van der Waals surface area contributed by atoms with E-state index in [-0.39, 0.29) is 16.3 Å². The van der Waals surface area contributed by atoms with Crippen molar-refractivity contribution < 1.29 is 9.21 Å². The summed E-state index contributed by atoms with van der Waals surface area (Å²) in [5, 5.41) is 16.9. The first-order chi connectivity index (χ1) is 16.1. The molecule has 3 aromatic rings. The highest BCUT2D eigenvalue weighted by Crippen LogP contribution is 2.44. The van der Waals surface area contributed by atoms with Crippen LogP contribution in [0.1, 0.15) is 53.8 Å². The Morgan fingerprint density at radius 2 is 2.03 bits per heavy atom. The lowest BCUT2D eigenvalue weighted by Crippen LogP contribution is -2.33. The maximum atomic E-state index is 12.7. The number of nitrogens with one attached hydrogen (secondary N) is 2. The van der Waals surface area contributed by atoms with E-state index < -0.39 is 5.91 Å². The molecule has 0 aliphatic heterocycles. The molecule has 1 aromatic carbocycles. The van der Waals surface area contributed by atoms with Crippen LogP contribution in [0.25, 0.3) is 11.3 Å². The van der Waals surface area contributed by atoms with Crippen LogP contribution >= 0.6 is 46.8 Å². The van der Waals surface area contributed by atoms with Crippen LogP contribution < -0.4 is 10.6 Å². The number of nitriles is 1. The Kier molecular flexibility index (Phi) is 7.07. The average molecular weight is 533 g/mol. The number of thiocarbonyl (C=S) groups is 1. The summed E-state index contributed by atoms with van der Waals surface area (Å²) in [5.74, 6) is 0.553. The fourth-order valence-corrected chi connectivity index (χ4v) is 6.06. The van der Waals surface area contributed by atoms with Gasteiger partial charge in [-0.15, -0.1) is 11.3 Å². The molecule has 5 nitrogen and oxygen atoms in total. The molecule has 0 fully saturated rings. The second kappa shape index (κ2) is 9.71. The van der Waals surface area contributed by atoms with Gasteiger partial charge < -0.3 is 9.73 Å². The quantitative estimate of drug-likeness (QED) is 0.342. The Morgan fingerprint density at radius 3 is 2.74 bits per heavy atom. The zero-order chi connectivity index (χ0) is 24.6. The predicted octanol–water partition coefficient (Wildman–Crippen LogP) is 7.46. The second-order valence-corrected chi connectivity index (χ2v) is 11.6. The summed E-state index contributed by atoms with van der Waals surface area (Å²) in [7, 11) is 0. The second-order valence-electron chi connectivity index (χ2n) is 9.30. The molecule has 9 heteroatoms. The van der Waals surface area contributed by atoms with E-state index in [4.69, 9.17) is 39.8 Å². The van der Waals surface area contributed by atoms with Gasteiger partial charge in [0, 0.05) is 10.4 Å². The van der Waals surface area contributed by atoms with Crippen LogP contribution in [0.4, 0.5) is 5.00 Å². The third-order valence-electron chi connectivity index (χ3n) is 6.10. The molecule has 1 amide bonds. The summed E-state index contributed by atoms with van der Waals surface area (Å²) >= 11 is 19.2. The largest absolute Gasteiger partial charge is 0.451 e. The van der Waals surface area contributed by atoms with Crippen molar-refractivity contribution in [2.75, 3.05) is 5.32 Å². The number of furan rings is 1. The molecular formula is C25H23Cl2N3O2S2. The fraction of sp³-hybridized carbons (Fsp3) is 0.320. The van der Waals surface area contributed by atoms with E-state index in [9.17, 15) is 10.1 Å². The molecule has 1 unspecified atom stereocenters. The van der Waals surface area contributed by atoms with E-state index in [1.54, 1.807) is 30.3 Å². The average Bonchev–Trinajstić information content (AvgIpc) is 3.39. The number of fused-ring (bicyclic) bond motifs is 1. The van der Waals surface area contributed by atoms with Gasteiger partial charge in [-0.05, 0) is 72.6 Å². The van der Waals surface area contributed by atoms with E-state index in [1.165, 1.54) is 16.2 Å². The minimum Gasteiger partial charge on any atom is -0.451 e. The van der Waals surface area contributed by atoms with Crippen molar-refractivity contribution in [2.45, 2.75) is 40.0 Å². The van der Waals surface area contributed by atoms with Gasteiger partial charge in [0.2, 0.25) is 0 Å². The van der Waals surface area contributed by atoms with Gasteiger partial charge in [0.25, 0.3) is 5.91 Å². The van der Waals surface area contributed by atoms with Crippen molar-refractivity contribution in [3.63, 3.8) is 0 Å². The molecule has 176 valence electrons. The lowest BCUT2D eigenvalue weighted by atomic mass is 9.72. The number of halogens is 2. The summed E-state index contributed by atoms with van der Waals surface area (Å²) in [6.45, 7) is 6.77. The van der Waals surface area contributed by atoms with Crippen molar-refractivity contribution in [3.05, 3.63) is 62.1 Å². The number of nitrogens with zero attached hydrogens (tertiary/aromatic N) is 1. The van der Waals surface area contributed by atoms with Crippen molar-refractivity contribution in [1.82, 2.24) is 5.32 Å². The number of amides is 1. The zero-order valence-electron chi connectivity index (χ0n) is 18.9. The summed E-state index contributed by atoms with van der Waals surface area (Å²) in [5.41, 5.74) is 2.51. The Labute approximate surface area is 218 Å². The first-order valence-electron chi connectivity index (χ1n) is 10.8. The Bertz CT molecular complexity index is 1310. The lowest BCUT2D eigenvalue weighted by Gasteiger charge is -2.33. The maximum Gasteiger partial charge on any atom is 0.293 e. The molecule has 1 aliphatic rings. The van der Waals surface area contributed by atoms with Crippen LogP contribution in [0.5, 0.6) is 0 Å². The van der Waals surface area contributed by atoms with Crippen molar-refractivity contribution in [1.29, 1.82) is 5.26 Å². The van der Waals surface area contributed by atoms with Crippen molar-refractivity contribution in [2.24, 2.45) is 11.3 Å². The highest BCUT2D eigenvalue weighted by Gasteiger charge is 2.32. The molecule has 34 heavy (non-hydrogen) atoms. The third-order valence-corrected chi connectivity index (χ3v) is 8.30. The minimum absolute atomic E-state index is 0.0780. The van der Waals surface area contributed by atoms with Crippen LogP contribution in [-0.4, -0.2) is 11.0 Å². The van der Waals surface area contributed by atoms with Crippen LogP contribution in [0.15, 0.2) is 34.7 Å². The van der Waals surface area contributed by atoms with Gasteiger partial charge in [-0.3, -0.25) is 10.1 Å². The molecule has 4 rings (SSSR count). The molecule has 1 aliphatic carbocycles. The van der Waals surface area contributed by atoms with E-state index in [0.29, 0.717) is 37.9 Å². The molecule has 2 aromatic heterocycles. The highest BCUT2D eigenvalue weighted by atomic mass is 35.5. The Balaban J connectivity index is 1.46. The summed E-state index contributed by atoms with van der Waals surface area (Å²) in [6, 6.07) is 10.7. The summed E-state index contributed by atoms with van der Waals surface area (Å²) in [4.78, 5) is 13.9. The van der Waals surface area contributed by atoms with E-state index in [0.717, 1.165) is 24.8 Å². The van der Waals surface area contributed by atoms with Gasteiger partial charge in [0.15, 0.2) is 10.9 Å². The van der Waals surface area contributed by atoms with Gasteiger partial charge >= 0.3 is 0 Å². The fourth-order valence-electron chi connectivity index (χ4n) is 4.13. The molecule has 0 radical (unpaired) electrons. The van der Waals surface area contributed by atoms with Crippen LogP contribution in [-0.2, 0) is 12.8 Å². The number of thiophene rings is 1. The summed E-state index contributed by atoms with van der Waals surface area (Å²) in [6.07, 6.45) is 2.87. The monoisotopic (exact) mass is 531 g/mol. The molecule has 0 saturated carbocycles. The Hall–Kier alpha value is -2.37. The molecule has 0 spiro atoms. The van der Waals surface area contributed by atoms with Gasteiger partial charge in [-0.2, -0.15) is 5.26 Å². The third kappa shape index (κ3) is 5.01. The minimum atomic E-state index is -0.505. The summed E-state index contributed by atoms with van der Waals surface area (Å²) < 4.78 is 5.68.